The van der Waals surface area contributed by atoms with Crippen LogP contribution in [0.4, 0.5) is 4.39 Å². The van der Waals surface area contributed by atoms with Crippen molar-refractivity contribution in [2.45, 2.75) is 56.9 Å². The highest BCUT2D eigenvalue weighted by atomic mass is 35.5. The Hall–Kier alpha value is -3.11. The van der Waals surface area contributed by atoms with E-state index in [2.05, 4.69) is 15.3 Å². The van der Waals surface area contributed by atoms with Crippen LogP contribution in [-0.2, 0) is 27.4 Å². The van der Waals surface area contributed by atoms with Crippen LogP contribution < -0.4 is 5.32 Å². The van der Waals surface area contributed by atoms with E-state index in [9.17, 15) is 14.7 Å². The number of fused-ring (bicyclic) bond motifs is 1. The normalized spacial score (nSPS) is 21.8. The van der Waals surface area contributed by atoms with Crippen molar-refractivity contribution in [3.8, 4) is 0 Å². The third-order valence-corrected chi connectivity index (χ3v) is 8.90. The van der Waals surface area contributed by atoms with E-state index in [0.717, 1.165) is 32.1 Å². The molecule has 2 N–H and O–H groups in total. The fraction of sp³-hybridized carbons (Fsp3) is 0.400. The molecular weight excluding hydrogens is 570 g/mol. The zero-order chi connectivity index (χ0) is 28.9. The van der Waals surface area contributed by atoms with E-state index in [1.165, 1.54) is 23.4 Å². The van der Waals surface area contributed by atoms with Crippen LogP contribution >= 0.6 is 23.2 Å². The van der Waals surface area contributed by atoms with Crippen molar-refractivity contribution in [2.75, 3.05) is 6.73 Å². The van der Waals surface area contributed by atoms with Crippen molar-refractivity contribution in [3.05, 3.63) is 92.7 Å². The lowest BCUT2D eigenvalue weighted by Gasteiger charge is -2.40. The Morgan fingerprint density at radius 2 is 1.83 bits per heavy atom. The maximum Gasteiger partial charge on any atom is 0.257 e. The zero-order valence-electron chi connectivity index (χ0n) is 22.4. The molecule has 214 valence electrons. The maximum absolute atomic E-state index is 16.5. The molecule has 2 amide bonds. The number of halogens is 3. The number of amides is 2. The van der Waals surface area contributed by atoms with Gasteiger partial charge in [0.1, 0.15) is 18.4 Å². The molecule has 2 fully saturated rings. The highest BCUT2D eigenvalue weighted by Crippen LogP contribution is 2.50. The molecule has 0 spiro atoms. The summed E-state index contributed by atoms with van der Waals surface area (Å²) < 4.78 is 22.9. The topological polar surface area (TPSA) is 105 Å². The van der Waals surface area contributed by atoms with Crippen LogP contribution in [0.1, 0.15) is 71.9 Å². The third-order valence-electron chi connectivity index (χ3n) is 8.45. The standard InChI is InChI=1S/C30H29Cl2FN4O4/c1-29(40,18-3-2-4-18)20-11-23-26(24(33)12-20)30(19-7-9-21(31)10-8-19,41-16-36-27(38)17-5-6-17)37(28(23)39)15-25-34-13-22(32)14-35-25/h7-14,17-18,40H,2-6,15-16H2,1H3,(H,36,38)/t29?,30-/m1/s1. The molecule has 11 heteroatoms. The summed E-state index contributed by atoms with van der Waals surface area (Å²) in [6.07, 6.45) is 7.04. The number of rotatable bonds is 9. The van der Waals surface area contributed by atoms with Crippen molar-refractivity contribution >= 4 is 35.0 Å². The summed E-state index contributed by atoms with van der Waals surface area (Å²) in [6, 6.07) is 9.39. The number of hydrogen-bond donors (Lipinski definition) is 2. The van der Waals surface area contributed by atoms with Gasteiger partial charge in [-0.05, 0) is 68.4 Å². The van der Waals surface area contributed by atoms with Gasteiger partial charge in [0.15, 0.2) is 0 Å². The first-order valence-electron chi connectivity index (χ1n) is 13.6. The maximum atomic E-state index is 16.5. The lowest BCUT2D eigenvalue weighted by molar-refractivity contribution is -0.137. The molecule has 0 bridgehead atoms. The SMILES string of the molecule is CC(O)(c1cc(F)c2c(c1)C(=O)N(Cc1ncc(Cl)cn1)[C@@]2(OCNC(=O)C1CC1)c1ccc(Cl)cc1)C1CCC1. The molecule has 1 aromatic heterocycles. The molecule has 2 atom stereocenters. The van der Waals surface area contributed by atoms with Gasteiger partial charge in [-0.1, -0.05) is 41.8 Å². The summed E-state index contributed by atoms with van der Waals surface area (Å²) in [5.74, 6) is -1.28. The first-order chi connectivity index (χ1) is 19.6. The molecule has 3 aromatic rings. The van der Waals surface area contributed by atoms with Gasteiger partial charge in [-0.3, -0.25) is 14.5 Å². The van der Waals surface area contributed by atoms with Crippen molar-refractivity contribution in [2.24, 2.45) is 11.8 Å². The first kappa shape index (κ1) is 28.0. The fourth-order valence-corrected chi connectivity index (χ4v) is 5.92. The number of nitrogens with one attached hydrogen (secondary N) is 1. The monoisotopic (exact) mass is 598 g/mol. The van der Waals surface area contributed by atoms with E-state index in [4.69, 9.17) is 27.9 Å². The Kier molecular flexibility index (Phi) is 7.26. The van der Waals surface area contributed by atoms with Crippen molar-refractivity contribution in [3.63, 3.8) is 0 Å². The minimum Gasteiger partial charge on any atom is -0.385 e. The molecule has 2 aliphatic carbocycles. The zero-order valence-corrected chi connectivity index (χ0v) is 23.9. The van der Waals surface area contributed by atoms with Gasteiger partial charge >= 0.3 is 0 Å². The van der Waals surface area contributed by atoms with Crippen LogP contribution in [0.2, 0.25) is 10.0 Å². The quantitative estimate of drug-likeness (QED) is 0.324. The molecule has 2 aromatic carbocycles. The number of ether oxygens (including phenoxy) is 1. The number of nitrogens with zero attached hydrogens (tertiary/aromatic N) is 3. The smallest absolute Gasteiger partial charge is 0.257 e. The summed E-state index contributed by atoms with van der Waals surface area (Å²) in [5.41, 5.74) is -2.35. The Morgan fingerprint density at radius 1 is 1.15 bits per heavy atom. The van der Waals surface area contributed by atoms with Gasteiger partial charge in [0.2, 0.25) is 11.6 Å². The second kappa shape index (κ2) is 10.6. The van der Waals surface area contributed by atoms with Gasteiger partial charge in [-0.25, -0.2) is 14.4 Å². The van der Waals surface area contributed by atoms with Gasteiger partial charge in [0.05, 0.1) is 28.3 Å². The van der Waals surface area contributed by atoms with Gasteiger partial charge in [-0.15, -0.1) is 0 Å². The van der Waals surface area contributed by atoms with E-state index >= 15 is 4.39 Å². The number of benzene rings is 2. The molecule has 41 heavy (non-hydrogen) atoms. The molecule has 6 rings (SSSR count). The van der Waals surface area contributed by atoms with Crippen molar-refractivity contribution in [1.29, 1.82) is 0 Å². The lowest BCUT2D eigenvalue weighted by atomic mass is 9.70. The summed E-state index contributed by atoms with van der Waals surface area (Å²) in [6.45, 7) is 1.22. The van der Waals surface area contributed by atoms with E-state index in [-0.39, 0.29) is 48.0 Å². The van der Waals surface area contributed by atoms with E-state index in [0.29, 0.717) is 21.2 Å². The largest absolute Gasteiger partial charge is 0.385 e. The van der Waals surface area contributed by atoms with Crippen LogP contribution in [0, 0.1) is 17.7 Å². The van der Waals surface area contributed by atoms with Crippen LogP contribution in [-0.4, -0.2) is 38.5 Å². The van der Waals surface area contributed by atoms with Crippen LogP contribution in [0.25, 0.3) is 0 Å². The number of aliphatic hydroxyl groups is 1. The number of carbonyl (C=O) groups is 2. The highest BCUT2D eigenvalue weighted by molar-refractivity contribution is 6.30. The molecule has 2 saturated carbocycles. The minimum atomic E-state index is -1.80. The molecular formula is C30H29Cl2FN4O4. The average molecular weight is 599 g/mol. The minimum absolute atomic E-state index is 0.0207. The van der Waals surface area contributed by atoms with E-state index < -0.39 is 23.1 Å². The van der Waals surface area contributed by atoms with Crippen LogP contribution in [0.15, 0.2) is 48.8 Å². The summed E-state index contributed by atoms with van der Waals surface area (Å²) >= 11 is 12.2. The molecule has 8 nitrogen and oxygen atoms in total. The number of carbonyl (C=O) groups excluding carboxylic acids is 2. The predicted molar refractivity (Wildman–Crippen MR) is 149 cm³/mol. The van der Waals surface area contributed by atoms with Crippen molar-refractivity contribution < 1.29 is 23.8 Å². The van der Waals surface area contributed by atoms with Crippen LogP contribution in [0.5, 0.6) is 0 Å². The molecule has 1 unspecified atom stereocenters. The fourth-order valence-electron chi connectivity index (χ4n) is 5.70. The van der Waals surface area contributed by atoms with Gasteiger partial charge in [-0.2, -0.15) is 0 Å². The second-order valence-corrected chi connectivity index (χ2v) is 12.0. The lowest BCUT2D eigenvalue weighted by Crippen LogP contribution is -2.49. The Labute approximate surface area is 246 Å². The molecule has 0 radical (unpaired) electrons. The highest BCUT2D eigenvalue weighted by Gasteiger charge is 2.55. The molecule has 0 saturated heterocycles. The predicted octanol–water partition coefficient (Wildman–Crippen LogP) is 5.29. The van der Waals surface area contributed by atoms with Gasteiger partial charge < -0.3 is 15.2 Å². The van der Waals surface area contributed by atoms with Gasteiger partial charge in [0, 0.05) is 28.9 Å². The summed E-state index contributed by atoms with van der Waals surface area (Å²) in [7, 11) is 0. The third kappa shape index (κ3) is 4.99. The summed E-state index contributed by atoms with van der Waals surface area (Å²) in [4.78, 5) is 36.6. The summed E-state index contributed by atoms with van der Waals surface area (Å²) in [5, 5.41) is 14.9. The van der Waals surface area contributed by atoms with Crippen molar-refractivity contribution in [1.82, 2.24) is 20.2 Å². The molecule has 2 heterocycles. The molecule has 1 aliphatic heterocycles. The Morgan fingerprint density at radius 3 is 2.44 bits per heavy atom. The number of hydrogen-bond acceptors (Lipinski definition) is 6. The van der Waals surface area contributed by atoms with E-state index in [1.54, 1.807) is 37.3 Å². The number of aromatic nitrogens is 2. The average Bonchev–Trinajstić information content (AvgIpc) is 3.73. The Bertz CT molecular complexity index is 1490. The molecule has 3 aliphatic rings. The van der Waals surface area contributed by atoms with E-state index in [1.807, 2.05) is 0 Å². The van der Waals surface area contributed by atoms with Crippen LogP contribution in [0.3, 0.4) is 0 Å². The van der Waals surface area contributed by atoms with Gasteiger partial charge in [0.25, 0.3) is 5.91 Å². The second-order valence-electron chi connectivity index (χ2n) is 11.1. The first-order valence-corrected chi connectivity index (χ1v) is 14.4. The Balaban J connectivity index is 1.50.